The zero-order valence-corrected chi connectivity index (χ0v) is 10.1. The maximum absolute atomic E-state index is 11.8. The number of hydrogen-bond acceptors (Lipinski definition) is 1. The van der Waals surface area contributed by atoms with Crippen molar-refractivity contribution >= 4 is 17.7 Å². The van der Waals surface area contributed by atoms with Gasteiger partial charge in [-0.25, -0.2) is 0 Å². The fourth-order valence-electron chi connectivity index (χ4n) is 1.69. The maximum Gasteiger partial charge on any atom is 0.228 e. The fourth-order valence-corrected chi connectivity index (χ4v) is 1.69. The number of carbonyl (C=O) groups excluding carboxylic acids is 1. The summed E-state index contributed by atoms with van der Waals surface area (Å²) in [6.45, 7) is 3.69. The highest BCUT2D eigenvalue weighted by Gasteiger charge is 2.03. The van der Waals surface area contributed by atoms with Crippen molar-refractivity contribution in [1.29, 1.82) is 0 Å². The number of benzene rings is 2. The lowest BCUT2D eigenvalue weighted by atomic mass is 10.1. The Morgan fingerprint density at radius 1 is 1.06 bits per heavy atom. The van der Waals surface area contributed by atoms with E-state index in [9.17, 15) is 4.79 Å². The second kappa shape index (κ2) is 5.82. The van der Waals surface area contributed by atoms with Crippen LogP contribution in [0.5, 0.6) is 0 Å². The van der Waals surface area contributed by atoms with Crippen LogP contribution in [0.3, 0.4) is 0 Å². The molecular weight excluding hydrogens is 222 g/mol. The molecular formula is C16H15NO. The summed E-state index contributed by atoms with van der Waals surface area (Å²) in [7, 11) is 0. The van der Waals surface area contributed by atoms with Gasteiger partial charge in [-0.15, -0.1) is 0 Å². The average Bonchev–Trinajstić information content (AvgIpc) is 2.40. The number of nitrogens with one attached hydrogen (secondary N) is 1. The molecule has 0 saturated carbocycles. The van der Waals surface area contributed by atoms with E-state index >= 15 is 0 Å². The van der Waals surface area contributed by atoms with Crippen LogP contribution in [0.2, 0.25) is 0 Å². The summed E-state index contributed by atoms with van der Waals surface area (Å²) < 4.78 is 0. The topological polar surface area (TPSA) is 29.1 Å². The normalized spacial score (nSPS) is 9.78. The maximum atomic E-state index is 11.8. The highest BCUT2D eigenvalue weighted by Crippen LogP contribution is 2.11. The number of carbonyl (C=O) groups is 1. The minimum absolute atomic E-state index is 0.00690. The predicted octanol–water partition coefficient (Wildman–Crippen LogP) is 3.51. The van der Waals surface area contributed by atoms with Crippen molar-refractivity contribution in [3.63, 3.8) is 0 Å². The van der Waals surface area contributed by atoms with Crippen LogP contribution in [-0.2, 0) is 11.2 Å². The van der Waals surface area contributed by atoms with Gasteiger partial charge in [-0.3, -0.25) is 4.79 Å². The van der Waals surface area contributed by atoms with Gasteiger partial charge in [0.25, 0.3) is 0 Å². The van der Waals surface area contributed by atoms with E-state index in [0.29, 0.717) is 6.42 Å². The van der Waals surface area contributed by atoms with Crippen molar-refractivity contribution < 1.29 is 4.79 Å². The van der Waals surface area contributed by atoms with Crippen LogP contribution in [0.25, 0.3) is 6.08 Å². The van der Waals surface area contributed by atoms with Gasteiger partial charge >= 0.3 is 0 Å². The first-order valence-corrected chi connectivity index (χ1v) is 5.84. The molecule has 1 N–H and O–H groups in total. The molecule has 0 heterocycles. The summed E-state index contributed by atoms with van der Waals surface area (Å²) in [6, 6.07) is 17.3. The lowest BCUT2D eigenvalue weighted by molar-refractivity contribution is -0.115. The van der Waals surface area contributed by atoms with Gasteiger partial charge in [0.15, 0.2) is 0 Å². The van der Waals surface area contributed by atoms with E-state index < -0.39 is 0 Å². The SMILES string of the molecule is C=Cc1ccc(NC(=O)Cc2ccccc2)cc1. The Balaban J connectivity index is 1.96. The smallest absolute Gasteiger partial charge is 0.228 e. The first-order valence-electron chi connectivity index (χ1n) is 5.84. The molecule has 2 rings (SSSR count). The number of amides is 1. The van der Waals surface area contributed by atoms with Crippen LogP contribution in [-0.4, -0.2) is 5.91 Å². The van der Waals surface area contributed by atoms with Crippen LogP contribution in [0.15, 0.2) is 61.2 Å². The molecule has 2 nitrogen and oxygen atoms in total. The molecule has 2 aromatic carbocycles. The van der Waals surface area contributed by atoms with Crippen molar-refractivity contribution in [1.82, 2.24) is 0 Å². The van der Waals surface area contributed by atoms with E-state index in [1.807, 2.05) is 54.6 Å². The Bertz CT molecular complexity index is 529. The Morgan fingerprint density at radius 3 is 2.33 bits per heavy atom. The largest absolute Gasteiger partial charge is 0.326 e. The van der Waals surface area contributed by atoms with Crippen LogP contribution >= 0.6 is 0 Å². The minimum atomic E-state index is -0.00690. The zero-order chi connectivity index (χ0) is 12.8. The highest BCUT2D eigenvalue weighted by atomic mass is 16.1. The van der Waals surface area contributed by atoms with Gasteiger partial charge in [0.1, 0.15) is 0 Å². The quantitative estimate of drug-likeness (QED) is 0.866. The third-order valence-electron chi connectivity index (χ3n) is 2.64. The molecule has 0 unspecified atom stereocenters. The molecule has 2 heteroatoms. The van der Waals surface area contributed by atoms with Crippen molar-refractivity contribution in [2.24, 2.45) is 0 Å². The fraction of sp³-hybridized carbons (Fsp3) is 0.0625. The molecule has 0 aliphatic carbocycles. The minimum Gasteiger partial charge on any atom is -0.326 e. The van der Waals surface area contributed by atoms with Crippen LogP contribution < -0.4 is 5.32 Å². The number of rotatable bonds is 4. The summed E-state index contributed by atoms with van der Waals surface area (Å²) in [5.41, 5.74) is 2.86. The van der Waals surface area contributed by atoms with E-state index in [2.05, 4.69) is 11.9 Å². The second-order valence-electron chi connectivity index (χ2n) is 4.04. The molecule has 2 aromatic rings. The standard InChI is InChI=1S/C16H15NO/c1-2-13-8-10-15(11-9-13)17-16(18)12-14-6-4-3-5-7-14/h2-11H,1,12H2,(H,17,18). The average molecular weight is 237 g/mol. The first-order chi connectivity index (χ1) is 8.78. The molecule has 0 spiro atoms. The molecule has 1 amide bonds. The monoisotopic (exact) mass is 237 g/mol. The molecule has 18 heavy (non-hydrogen) atoms. The molecule has 90 valence electrons. The van der Waals surface area contributed by atoms with Gasteiger partial charge in [-0.05, 0) is 23.3 Å². The van der Waals surface area contributed by atoms with Gasteiger partial charge in [0.05, 0.1) is 6.42 Å². The molecule has 0 bridgehead atoms. The summed E-state index contributed by atoms with van der Waals surface area (Å²) in [5, 5.41) is 2.87. The van der Waals surface area contributed by atoms with E-state index in [-0.39, 0.29) is 5.91 Å². The van der Waals surface area contributed by atoms with E-state index in [0.717, 1.165) is 16.8 Å². The Kier molecular flexibility index (Phi) is 3.92. The molecule has 0 fully saturated rings. The Hall–Kier alpha value is -2.35. The third-order valence-corrected chi connectivity index (χ3v) is 2.64. The summed E-state index contributed by atoms with van der Waals surface area (Å²) in [4.78, 5) is 11.8. The van der Waals surface area contributed by atoms with Gasteiger partial charge in [0, 0.05) is 5.69 Å². The number of hydrogen-bond donors (Lipinski definition) is 1. The molecule has 0 saturated heterocycles. The van der Waals surface area contributed by atoms with Crippen molar-refractivity contribution in [3.8, 4) is 0 Å². The Morgan fingerprint density at radius 2 is 1.72 bits per heavy atom. The molecule has 0 aromatic heterocycles. The van der Waals surface area contributed by atoms with E-state index in [1.165, 1.54) is 0 Å². The zero-order valence-electron chi connectivity index (χ0n) is 10.1. The van der Waals surface area contributed by atoms with Crippen molar-refractivity contribution in [2.75, 3.05) is 5.32 Å². The van der Waals surface area contributed by atoms with E-state index in [1.54, 1.807) is 6.08 Å². The second-order valence-corrected chi connectivity index (χ2v) is 4.04. The first kappa shape index (κ1) is 12.1. The van der Waals surface area contributed by atoms with Gasteiger partial charge < -0.3 is 5.32 Å². The van der Waals surface area contributed by atoms with E-state index in [4.69, 9.17) is 0 Å². The van der Waals surface area contributed by atoms with Gasteiger partial charge in [-0.2, -0.15) is 0 Å². The van der Waals surface area contributed by atoms with Crippen molar-refractivity contribution in [2.45, 2.75) is 6.42 Å². The van der Waals surface area contributed by atoms with Crippen LogP contribution in [0.4, 0.5) is 5.69 Å². The highest BCUT2D eigenvalue weighted by molar-refractivity contribution is 5.92. The Labute approximate surface area is 107 Å². The number of anilines is 1. The van der Waals surface area contributed by atoms with Crippen LogP contribution in [0.1, 0.15) is 11.1 Å². The summed E-state index contributed by atoms with van der Waals surface area (Å²) in [5.74, 6) is -0.00690. The molecule has 0 radical (unpaired) electrons. The van der Waals surface area contributed by atoms with Crippen LogP contribution in [0, 0.1) is 0 Å². The molecule has 0 atom stereocenters. The lowest BCUT2D eigenvalue weighted by Crippen LogP contribution is -2.14. The predicted molar refractivity (Wildman–Crippen MR) is 75.3 cm³/mol. The molecule has 0 aliphatic heterocycles. The summed E-state index contributed by atoms with van der Waals surface area (Å²) >= 11 is 0. The third kappa shape index (κ3) is 3.32. The van der Waals surface area contributed by atoms with Crippen molar-refractivity contribution in [3.05, 3.63) is 72.3 Å². The van der Waals surface area contributed by atoms with Gasteiger partial charge in [-0.1, -0.05) is 55.1 Å². The summed E-state index contributed by atoms with van der Waals surface area (Å²) in [6.07, 6.45) is 2.17. The lowest BCUT2D eigenvalue weighted by Gasteiger charge is -2.05. The van der Waals surface area contributed by atoms with Gasteiger partial charge in [0.2, 0.25) is 5.91 Å². The molecule has 0 aliphatic rings.